The number of benzene rings is 1. The summed E-state index contributed by atoms with van der Waals surface area (Å²) in [6, 6.07) is 17.7. The molecular formula is C22H27N3O. The van der Waals surface area contributed by atoms with E-state index in [-0.39, 0.29) is 11.3 Å². The quantitative estimate of drug-likeness (QED) is 0.495. The van der Waals surface area contributed by atoms with Crippen LogP contribution in [0.5, 0.6) is 0 Å². The molecule has 136 valence electrons. The van der Waals surface area contributed by atoms with E-state index in [4.69, 9.17) is 0 Å². The van der Waals surface area contributed by atoms with Crippen LogP contribution in [0.4, 0.5) is 5.69 Å². The molecule has 4 nitrogen and oxygen atoms in total. The molecule has 3 rings (SSSR count). The summed E-state index contributed by atoms with van der Waals surface area (Å²) < 4.78 is 0. The standard InChI is InChI=1S/C22H27N3O/c1-3-14-22(15-4-2,19-11-8-16-23-19)20-13-12-18(25-20)21(26)24-17-9-6-5-7-10-17/h5-13,16,23,25H,3-4,14-15H2,1-2H3,(H,24,26). The topological polar surface area (TPSA) is 60.7 Å². The third-order valence-electron chi connectivity index (χ3n) is 4.94. The maximum Gasteiger partial charge on any atom is 0.272 e. The van der Waals surface area contributed by atoms with Gasteiger partial charge in [0.2, 0.25) is 0 Å². The van der Waals surface area contributed by atoms with Crippen LogP contribution in [-0.4, -0.2) is 15.9 Å². The fraction of sp³-hybridized carbons (Fsp3) is 0.318. The van der Waals surface area contributed by atoms with Crippen molar-refractivity contribution in [2.45, 2.75) is 44.9 Å². The third-order valence-corrected chi connectivity index (χ3v) is 4.94. The van der Waals surface area contributed by atoms with Crippen LogP contribution in [0.1, 0.15) is 61.4 Å². The van der Waals surface area contributed by atoms with Gasteiger partial charge in [-0.25, -0.2) is 0 Å². The van der Waals surface area contributed by atoms with E-state index < -0.39 is 0 Å². The van der Waals surface area contributed by atoms with Gasteiger partial charge in [0.1, 0.15) is 5.69 Å². The van der Waals surface area contributed by atoms with Gasteiger partial charge in [-0.1, -0.05) is 44.9 Å². The lowest BCUT2D eigenvalue weighted by Gasteiger charge is -2.32. The molecule has 4 heteroatoms. The summed E-state index contributed by atoms with van der Waals surface area (Å²) in [7, 11) is 0. The Morgan fingerprint density at radius 1 is 0.923 bits per heavy atom. The highest BCUT2D eigenvalue weighted by Gasteiger charge is 2.35. The first-order valence-corrected chi connectivity index (χ1v) is 9.39. The van der Waals surface area contributed by atoms with Gasteiger partial charge in [0.25, 0.3) is 5.91 Å². The minimum absolute atomic E-state index is 0.113. The summed E-state index contributed by atoms with van der Waals surface area (Å²) in [5.41, 5.74) is 3.58. The van der Waals surface area contributed by atoms with Gasteiger partial charge < -0.3 is 15.3 Å². The molecule has 0 unspecified atom stereocenters. The first-order valence-electron chi connectivity index (χ1n) is 9.39. The molecule has 26 heavy (non-hydrogen) atoms. The Morgan fingerprint density at radius 2 is 1.65 bits per heavy atom. The van der Waals surface area contributed by atoms with Gasteiger partial charge in [-0.15, -0.1) is 0 Å². The van der Waals surface area contributed by atoms with Crippen molar-refractivity contribution in [3.8, 4) is 0 Å². The summed E-state index contributed by atoms with van der Waals surface area (Å²) in [4.78, 5) is 19.4. The summed E-state index contributed by atoms with van der Waals surface area (Å²) in [6.45, 7) is 4.42. The Hall–Kier alpha value is -2.75. The Kier molecular flexibility index (Phi) is 5.61. The van der Waals surface area contributed by atoms with E-state index in [9.17, 15) is 4.79 Å². The molecule has 2 aromatic heterocycles. The fourth-order valence-corrected chi connectivity index (χ4v) is 3.82. The number of aromatic amines is 2. The van der Waals surface area contributed by atoms with Crippen LogP contribution < -0.4 is 5.32 Å². The van der Waals surface area contributed by atoms with Gasteiger partial charge in [-0.2, -0.15) is 0 Å². The molecule has 3 N–H and O–H groups in total. The molecule has 0 bridgehead atoms. The van der Waals surface area contributed by atoms with E-state index in [0.717, 1.165) is 37.1 Å². The molecule has 0 saturated carbocycles. The van der Waals surface area contributed by atoms with Crippen LogP contribution in [-0.2, 0) is 5.41 Å². The van der Waals surface area contributed by atoms with E-state index >= 15 is 0 Å². The van der Waals surface area contributed by atoms with Crippen molar-refractivity contribution < 1.29 is 4.79 Å². The zero-order chi connectivity index (χ0) is 18.4. The monoisotopic (exact) mass is 349 g/mol. The predicted molar refractivity (Wildman–Crippen MR) is 107 cm³/mol. The summed E-state index contributed by atoms with van der Waals surface area (Å²) in [6.07, 6.45) is 6.18. The van der Waals surface area contributed by atoms with Gasteiger partial charge in [0.15, 0.2) is 0 Å². The zero-order valence-electron chi connectivity index (χ0n) is 15.5. The van der Waals surface area contributed by atoms with Gasteiger partial charge in [-0.05, 0) is 49.2 Å². The Labute approximate surface area is 155 Å². The maximum atomic E-state index is 12.6. The lowest BCUT2D eigenvalue weighted by atomic mass is 9.74. The third kappa shape index (κ3) is 3.59. The number of rotatable bonds is 8. The number of H-pyrrole nitrogens is 2. The molecule has 0 atom stereocenters. The molecule has 0 aliphatic heterocycles. The molecule has 2 heterocycles. The van der Waals surface area contributed by atoms with E-state index in [2.05, 4.69) is 41.3 Å². The lowest BCUT2D eigenvalue weighted by Crippen LogP contribution is -2.29. The van der Waals surface area contributed by atoms with Gasteiger partial charge >= 0.3 is 0 Å². The minimum Gasteiger partial charge on any atom is -0.364 e. The highest BCUT2D eigenvalue weighted by atomic mass is 16.1. The normalized spacial score (nSPS) is 11.5. The number of nitrogens with one attached hydrogen (secondary N) is 3. The number of anilines is 1. The van der Waals surface area contributed by atoms with Crippen LogP contribution >= 0.6 is 0 Å². The first-order chi connectivity index (χ1) is 12.7. The number of carbonyl (C=O) groups is 1. The summed E-state index contributed by atoms with van der Waals surface area (Å²) in [5.74, 6) is -0.115. The second-order valence-electron chi connectivity index (χ2n) is 6.77. The van der Waals surface area contributed by atoms with Crippen molar-refractivity contribution >= 4 is 11.6 Å². The lowest BCUT2D eigenvalue weighted by molar-refractivity contribution is 0.102. The maximum absolute atomic E-state index is 12.6. The van der Waals surface area contributed by atoms with E-state index in [1.54, 1.807) is 0 Å². The van der Waals surface area contributed by atoms with Crippen molar-refractivity contribution in [2.75, 3.05) is 5.32 Å². The van der Waals surface area contributed by atoms with E-state index in [1.807, 2.05) is 48.7 Å². The molecule has 3 aromatic rings. The van der Waals surface area contributed by atoms with Gasteiger partial charge in [-0.3, -0.25) is 4.79 Å². The molecule has 1 aromatic carbocycles. The van der Waals surface area contributed by atoms with Crippen LogP contribution in [0.2, 0.25) is 0 Å². The molecule has 0 aliphatic rings. The van der Waals surface area contributed by atoms with Crippen LogP contribution in [0, 0.1) is 0 Å². The molecule has 1 amide bonds. The molecule has 0 fully saturated rings. The molecule has 0 saturated heterocycles. The van der Waals surface area contributed by atoms with Crippen molar-refractivity contribution in [3.05, 3.63) is 77.9 Å². The number of carbonyl (C=O) groups excluding carboxylic acids is 1. The van der Waals surface area contributed by atoms with Crippen molar-refractivity contribution in [2.24, 2.45) is 0 Å². The van der Waals surface area contributed by atoms with Crippen molar-refractivity contribution in [1.29, 1.82) is 0 Å². The van der Waals surface area contributed by atoms with E-state index in [0.29, 0.717) is 5.69 Å². The zero-order valence-corrected chi connectivity index (χ0v) is 15.5. The SMILES string of the molecule is CCCC(CCC)(c1ccc[nH]1)c1ccc(C(=O)Nc2ccccc2)[nH]1. The average Bonchev–Trinajstić information content (AvgIpc) is 3.35. The van der Waals surface area contributed by atoms with Crippen molar-refractivity contribution in [3.63, 3.8) is 0 Å². The first kappa shape index (κ1) is 18.1. The Bertz CT molecular complexity index is 812. The van der Waals surface area contributed by atoms with Gasteiger partial charge in [0, 0.05) is 23.3 Å². The van der Waals surface area contributed by atoms with Gasteiger partial charge in [0.05, 0.1) is 5.41 Å². The number of aromatic nitrogens is 2. The number of para-hydroxylation sites is 1. The second-order valence-corrected chi connectivity index (χ2v) is 6.77. The summed E-state index contributed by atoms with van der Waals surface area (Å²) in [5, 5.41) is 2.94. The Morgan fingerprint density at radius 3 is 2.27 bits per heavy atom. The fourth-order valence-electron chi connectivity index (χ4n) is 3.82. The Balaban J connectivity index is 1.91. The van der Waals surface area contributed by atoms with E-state index in [1.165, 1.54) is 5.69 Å². The number of amides is 1. The van der Waals surface area contributed by atoms with Crippen molar-refractivity contribution in [1.82, 2.24) is 9.97 Å². The summed E-state index contributed by atoms with van der Waals surface area (Å²) >= 11 is 0. The van der Waals surface area contributed by atoms with Crippen LogP contribution in [0.3, 0.4) is 0 Å². The number of hydrogen-bond donors (Lipinski definition) is 3. The molecule has 0 spiro atoms. The molecule has 0 radical (unpaired) electrons. The highest BCUT2D eigenvalue weighted by Crippen LogP contribution is 2.39. The second kappa shape index (κ2) is 8.09. The van der Waals surface area contributed by atoms with Crippen LogP contribution in [0.15, 0.2) is 60.8 Å². The predicted octanol–water partition coefficient (Wildman–Crippen LogP) is 5.48. The average molecular weight is 349 g/mol. The smallest absolute Gasteiger partial charge is 0.272 e. The number of hydrogen-bond acceptors (Lipinski definition) is 1. The minimum atomic E-state index is -0.115. The largest absolute Gasteiger partial charge is 0.364 e. The van der Waals surface area contributed by atoms with Crippen LogP contribution in [0.25, 0.3) is 0 Å². The molecular weight excluding hydrogens is 322 g/mol. The molecule has 0 aliphatic carbocycles. The highest BCUT2D eigenvalue weighted by molar-refractivity contribution is 6.03.